The number of nitrogens with one attached hydrogen (secondary N) is 1. The quantitative estimate of drug-likeness (QED) is 0.331. The number of rotatable bonds is 6. The molecule has 0 aromatic heterocycles. The Balaban J connectivity index is 2.47. The van der Waals surface area contributed by atoms with Crippen molar-refractivity contribution in [1.82, 2.24) is 5.43 Å². The van der Waals surface area contributed by atoms with E-state index in [1.165, 1.54) is 11.1 Å². The summed E-state index contributed by atoms with van der Waals surface area (Å²) in [6.07, 6.45) is 9.06. The maximum atomic E-state index is 5.54. The molecular formula is C14H20N2. The van der Waals surface area contributed by atoms with Crippen molar-refractivity contribution >= 4 is 0 Å². The van der Waals surface area contributed by atoms with Gasteiger partial charge in [-0.2, -0.15) is 0 Å². The van der Waals surface area contributed by atoms with Crippen LogP contribution in [0.3, 0.4) is 0 Å². The maximum Gasteiger partial charge on any atom is 0.0251 e. The predicted molar refractivity (Wildman–Crippen MR) is 68.7 cm³/mol. The number of terminal acetylenes is 1. The molecule has 0 amide bonds. The fourth-order valence-electron chi connectivity index (χ4n) is 1.82. The van der Waals surface area contributed by atoms with E-state index >= 15 is 0 Å². The van der Waals surface area contributed by atoms with Gasteiger partial charge in [0.25, 0.3) is 0 Å². The summed E-state index contributed by atoms with van der Waals surface area (Å²) in [5.74, 6) is 8.19. The number of aryl methyl sites for hydroxylation is 1. The summed E-state index contributed by atoms with van der Waals surface area (Å²) in [5, 5.41) is 0. The number of hydrogen-bond acceptors (Lipinski definition) is 2. The molecule has 86 valence electrons. The SMILES string of the molecule is C#CCCCC(Cc1cccc(C)c1)NN. The van der Waals surface area contributed by atoms with E-state index in [-0.39, 0.29) is 0 Å². The highest BCUT2D eigenvalue weighted by Gasteiger charge is 2.06. The largest absolute Gasteiger partial charge is 0.271 e. The van der Waals surface area contributed by atoms with Crippen LogP contribution in [0.25, 0.3) is 0 Å². The molecule has 0 spiro atoms. The Morgan fingerprint density at radius 3 is 2.94 bits per heavy atom. The van der Waals surface area contributed by atoms with E-state index in [1.54, 1.807) is 0 Å². The summed E-state index contributed by atoms with van der Waals surface area (Å²) in [6.45, 7) is 2.10. The molecular weight excluding hydrogens is 196 g/mol. The van der Waals surface area contributed by atoms with Gasteiger partial charge in [-0.3, -0.25) is 11.3 Å². The Morgan fingerprint density at radius 1 is 1.50 bits per heavy atom. The smallest absolute Gasteiger partial charge is 0.0251 e. The molecule has 2 heteroatoms. The Morgan fingerprint density at radius 2 is 2.31 bits per heavy atom. The lowest BCUT2D eigenvalue weighted by atomic mass is 10.0. The Hall–Kier alpha value is -1.30. The van der Waals surface area contributed by atoms with Gasteiger partial charge in [0.05, 0.1) is 0 Å². The summed E-state index contributed by atoms with van der Waals surface area (Å²) < 4.78 is 0. The lowest BCUT2D eigenvalue weighted by Gasteiger charge is -2.15. The molecule has 0 aliphatic carbocycles. The molecule has 1 rings (SSSR count). The Bertz CT molecular complexity index is 352. The van der Waals surface area contributed by atoms with Gasteiger partial charge in [-0.1, -0.05) is 29.8 Å². The number of benzene rings is 1. The third-order valence-corrected chi connectivity index (χ3v) is 2.67. The van der Waals surface area contributed by atoms with Crippen molar-refractivity contribution in [3.8, 4) is 12.3 Å². The molecule has 0 fully saturated rings. The highest BCUT2D eigenvalue weighted by atomic mass is 15.2. The van der Waals surface area contributed by atoms with Crippen LogP contribution in [0.1, 0.15) is 30.4 Å². The molecule has 1 unspecified atom stereocenters. The van der Waals surface area contributed by atoms with Gasteiger partial charge in [0.2, 0.25) is 0 Å². The molecule has 3 N–H and O–H groups in total. The summed E-state index contributed by atoms with van der Waals surface area (Å²) in [7, 11) is 0. The van der Waals surface area contributed by atoms with E-state index in [2.05, 4.69) is 42.5 Å². The van der Waals surface area contributed by atoms with E-state index in [4.69, 9.17) is 12.3 Å². The van der Waals surface area contributed by atoms with Crippen LogP contribution in [0.4, 0.5) is 0 Å². The topological polar surface area (TPSA) is 38.0 Å². The molecule has 0 saturated carbocycles. The van der Waals surface area contributed by atoms with E-state index < -0.39 is 0 Å². The lowest BCUT2D eigenvalue weighted by Crippen LogP contribution is -2.36. The molecule has 0 radical (unpaired) electrons. The highest BCUT2D eigenvalue weighted by molar-refractivity contribution is 5.22. The van der Waals surface area contributed by atoms with Crippen molar-refractivity contribution in [3.63, 3.8) is 0 Å². The molecule has 2 nitrogen and oxygen atoms in total. The number of hydrazine groups is 1. The molecule has 16 heavy (non-hydrogen) atoms. The standard InChI is InChI=1S/C14H20N2/c1-3-4-5-9-14(16-15)11-13-8-6-7-12(2)10-13/h1,6-8,10,14,16H,4-5,9,11,15H2,2H3. The second kappa shape index (κ2) is 7.05. The number of hydrogen-bond donors (Lipinski definition) is 2. The van der Waals surface area contributed by atoms with Crippen LogP contribution in [0.5, 0.6) is 0 Å². The number of nitrogens with two attached hydrogens (primary N) is 1. The van der Waals surface area contributed by atoms with Gasteiger partial charge in [-0.25, -0.2) is 0 Å². The van der Waals surface area contributed by atoms with Crippen molar-refractivity contribution in [2.75, 3.05) is 0 Å². The normalized spacial score (nSPS) is 12.1. The predicted octanol–water partition coefficient (Wildman–Crippen LogP) is 2.17. The van der Waals surface area contributed by atoms with Crippen molar-refractivity contribution < 1.29 is 0 Å². The van der Waals surface area contributed by atoms with Crippen LogP contribution in [0.15, 0.2) is 24.3 Å². The first-order valence-corrected chi connectivity index (χ1v) is 5.71. The van der Waals surface area contributed by atoms with Gasteiger partial charge in [0, 0.05) is 12.5 Å². The van der Waals surface area contributed by atoms with Gasteiger partial charge in [-0.05, 0) is 31.7 Å². The van der Waals surface area contributed by atoms with Crippen molar-refractivity contribution in [2.24, 2.45) is 5.84 Å². The number of unbranched alkanes of at least 4 members (excludes halogenated alkanes) is 1. The third kappa shape index (κ3) is 4.48. The Labute approximate surface area is 98.2 Å². The van der Waals surface area contributed by atoms with E-state index in [0.717, 1.165) is 25.7 Å². The minimum Gasteiger partial charge on any atom is -0.271 e. The zero-order valence-corrected chi connectivity index (χ0v) is 9.87. The first-order valence-electron chi connectivity index (χ1n) is 5.71. The first-order chi connectivity index (χ1) is 7.76. The minimum atomic E-state index is 0.315. The molecule has 0 heterocycles. The highest BCUT2D eigenvalue weighted by Crippen LogP contribution is 2.10. The minimum absolute atomic E-state index is 0.315. The average Bonchev–Trinajstić information content (AvgIpc) is 2.28. The molecule has 0 aliphatic heterocycles. The van der Waals surface area contributed by atoms with Crippen LogP contribution in [-0.4, -0.2) is 6.04 Å². The van der Waals surface area contributed by atoms with Crippen molar-refractivity contribution in [1.29, 1.82) is 0 Å². The van der Waals surface area contributed by atoms with Crippen LogP contribution in [0, 0.1) is 19.3 Å². The monoisotopic (exact) mass is 216 g/mol. The molecule has 0 aliphatic rings. The van der Waals surface area contributed by atoms with Gasteiger partial charge in [0.15, 0.2) is 0 Å². The maximum absolute atomic E-state index is 5.54. The van der Waals surface area contributed by atoms with E-state index in [0.29, 0.717) is 6.04 Å². The van der Waals surface area contributed by atoms with Gasteiger partial charge >= 0.3 is 0 Å². The molecule has 1 aromatic rings. The van der Waals surface area contributed by atoms with E-state index in [9.17, 15) is 0 Å². The fraction of sp³-hybridized carbons (Fsp3) is 0.429. The van der Waals surface area contributed by atoms with Gasteiger partial charge in [-0.15, -0.1) is 12.3 Å². The average molecular weight is 216 g/mol. The molecule has 1 atom stereocenters. The van der Waals surface area contributed by atoms with Crippen molar-refractivity contribution in [3.05, 3.63) is 35.4 Å². The summed E-state index contributed by atoms with van der Waals surface area (Å²) in [5.41, 5.74) is 5.47. The lowest BCUT2D eigenvalue weighted by molar-refractivity contribution is 0.479. The van der Waals surface area contributed by atoms with Crippen LogP contribution in [-0.2, 0) is 6.42 Å². The molecule has 1 aromatic carbocycles. The molecule has 0 bridgehead atoms. The van der Waals surface area contributed by atoms with Crippen LogP contribution < -0.4 is 11.3 Å². The summed E-state index contributed by atoms with van der Waals surface area (Å²) >= 11 is 0. The van der Waals surface area contributed by atoms with Crippen LogP contribution in [0.2, 0.25) is 0 Å². The molecule has 0 saturated heterocycles. The fourth-order valence-corrected chi connectivity index (χ4v) is 1.82. The Kier molecular flexibility index (Phi) is 5.63. The summed E-state index contributed by atoms with van der Waals surface area (Å²) in [4.78, 5) is 0. The van der Waals surface area contributed by atoms with Crippen LogP contribution >= 0.6 is 0 Å². The zero-order chi connectivity index (χ0) is 11.8. The van der Waals surface area contributed by atoms with Crippen molar-refractivity contribution in [2.45, 2.75) is 38.6 Å². The second-order valence-electron chi connectivity index (χ2n) is 4.15. The van der Waals surface area contributed by atoms with E-state index in [1.807, 2.05) is 0 Å². The first kappa shape index (κ1) is 12.8. The second-order valence-corrected chi connectivity index (χ2v) is 4.15. The van der Waals surface area contributed by atoms with Gasteiger partial charge in [0.1, 0.15) is 0 Å². The zero-order valence-electron chi connectivity index (χ0n) is 9.87. The summed E-state index contributed by atoms with van der Waals surface area (Å²) in [6, 6.07) is 8.84. The third-order valence-electron chi connectivity index (χ3n) is 2.67. The van der Waals surface area contributed by atoms with Gasteiger partial charge < -0.3 is 0 Å².